The van der Waals surface area contributed by atoms with Gasteiger partial charge < -0.3 is 9.64 Å². The van der Waals surface area contributed by atoms with Gasteiger partial charge in [0.05, 0.1) is 12.8 Å². The molecule has 5 nitrogen and oxygen atoms in total. The second-order valence-electron chi connectivity index (χ2n) is 6.66. The van der Waals surface area contributed by atoms with Crippen molar-refractivity contribution in [1.82, 2.24) is 14.7 Å². The SMILES string of the molecule is COc1ccc2c(c1)CCN(C(=O)c1cc(-c3ccc(F)cc3)nn1C)C2. The fourth-order valence-corrected chi connectivity index (χ4v) is 3.42. The van der Waals surface area contributed by atoms with Crippen LogP contribution in [0.4, 0.5) is 4.39 Å². The number of fused-ring (bicyclic) bond motifs is 1. The second kappa shape index (κ2) is 6.87. The number of rotatable bonds is 3. The Labute approximate surface area is 157 Å². The summed E-state index contributed by atoms with van der Waals surface area (Å²) in [7, 11) is 3.41. The number of aromatic nitrogens is 2. The van der Waals surface area contributed by atoms with Crippen LogP contribution in [-0.2, 0) is 20.0 Å². The minimum atomic E-state index is -0.297. The monoisotopic (exact) mass is 365 g/mol. The first-order valence-corrected chi connectivity index (χ1v) is 8.80. The highest BCUT2D eigenvalue weighted by atomic mass is 19.1. The zero-order chi connectivity index (χ0) is 19.0. The van der Waals surface area contributed by atoms with Gasteiger partial charge in [-0.1, -0.05) is 6.07 Å². The van der Waals surface area contributed by atoms with Gasteiger partial charge in [0.2, 0.25) is 0 Å². The molecule has 4 rings (SSSR count). The lowest BCUT2D eigenvalue weighted by molar-refractivity contribution is 0.0723. The first-order chi connectivity index (χ1) is 13.0. The Morgan fingerprint density at radius 3 is 2.63 bits per heavy atom. The van der Waals surface area contributed by atoms with E-state index in [2.05, 4.69) is 5.10 Å². The molecule has 0 saturated carbocycles. The Kier molecular flexibility index (Phi) is 4.39. The Morgan fingerprint density at radius 2 is 1.89 bits per heavy atom. The average Bonchev–Trinajstić information content (AvgIpc) is 3.08. The first kappa shape index (κ1) is 17.3. The van der Waals surface area contributed by atoms with Gasteiger partial charge in [0.15, 0.2) is 0 Å². The van der Waals surface area contributed by atoms with Crippen molar-refractivity contribution < 1.29 is 13.9 Å². The number of carbonyl (C=O) groups excluding carboxylic acids is 1. The van der Waals surface area contributed by atoms with Crippen LogP contribution in [0.1, 0.15) is 21.6 Å². The van der Waals surface area contributed by atoms with E-state index in [1.807, 2.05) is 23.1 Å². The van der Waals surface area contributed by atoms with Crippen LogP contribution >= 0.6 is 0 Å². The third-order valence-corrected chi connectivity index (χ3v) is 4.95. The molecule has 138 valence electrons. The number of hydrogen-bond donors (Lipinski definition) is 0. The zero-order valence-corrected chi connectivity index (χ0v) is 15.3. The Morgan fingerprint density at radius 1 is 1.11 bits per heavy atom. The molecule has 0 bridgehead atoms. The van der Waals surface area contributed by atoms with Crippen LogP contribution in [0.3, 0.4) is 0 Å². The second-order valence-corrected chi connectivity index (χ2v) is 6.66. The maximum Gasteiger partial charge on any atom is 0.272 e. The van der Waals surface area contributed by atoms with Crippen LogP contribution in [0.2, 0.25) is 0 Å². The molecule has 0 N–H and O–H groups in total. The van der Waals surface area contributed by atoms with Crippen molar-refractivity contribution >= 4 is 5.91 Å². The largest absolute Gasteiger partial charge is 0.497 e. The van der Waals surface area contributed by atoms with E-state index in [-0.39, 0.29) is 11.7 Å². The number of carbonyl (C=O) groups is 1. The highest BCUT2D eigenvalue weighted by Crippen LogP contribution is 2.26. The van der Waals surface area contributed by atoms with Gasteiger partial charge in [-0.3, -0.25) is 9.48 Å². The summed E-state index contributed by atoms with van der Waals surface area (Å²) in [4.78, 5) is 14.9. The van der Waals surface area contributed by atoms with E-state index < -0.39 is 0 Å². The molecule has 6 heteroatoms. The van der Waals surface area contributed by atoms with Gasteiger partial charge in [-0.05, 0) is 60.0 Å². The Balaban J connectivity index is 1.57. The molecule has 0 saturated heterocycles. The lowest BCUT2D eigenvalue weighted by Crippen LogP contribution is -2.36. The molecule has 3 aromatic rings. The quantitative estimate of drug-likeness (QED) is 0.714. The summed E-state index contributed by atoms with van der Waals surface area (Å²) in [5.74, 6) is 0.485. The van der Waals surface area contributed by atoms with Gasteiger partial charge in [0, 0.05) is 25.7 Å². The predicted octanol–water partition coefficient (Wildman–Crippen LogP) is 3.43. The first-order valence-electron chi connectivity index (χ1n) is 8.80. The summed E-state index contributed by atoms with van der Waals surface area (Å²) in [6.45, 7) is 1.21. The molecule has 2 heterocycles. The van der Waals surface area contributed by atoms with Crippen LogP contribution in [0, 0.1) is 5.82 Å². The standard InChI is InChI=1S/C21H20FN3O2/c1-24-20(12-19(23-24)14-3-6-17(22)7-4-14)21(26)25-10-9-15-11-18(27-2)8-5-16(15)13-25/h3-8,11-12H,9-10,13H2,1-2H3. The van der Waals surface area contributed by atoms with E-state index in [9.17, 15) is 9.18 Å². The zero-order valence-electron chi connectivity index (χ0n) is 15.3. The topological polar surface area (TPSA) is 47.4 Å². The number of hydrogen-bond acceptors (Lipinski definition) is 3. The van der Waals surface area contributed by atoms with Crippen molar-refractivity contribution in [2.24, 2.45) is 7.05 Å². The number of nitrogens with zero attached hydrogens (tertiary/aromatic N) is 3. The van der Waals surface area contributed by atoms with Crippen LogP contribution < -0.4 is 4.74 Å². The van der Waals surface area contributed by atoms with E-state index in [1.54, 1.807) is 37.0 Å². The summed E-state index contributed by atoms with van der Waals surface area (Å²) in [5.41, 5.74) is 4.31. The molecule has 0 radical (unpaired) electrons. The number of benzene rings is 2. The van der Waals surface area contributed by atoms with E-state index in [1.165, 1.54) is 17.7 Å². The fourth-order valence-electron chi connectivity index (χ4n) is 3.42. The van der Waals surface area contributed by atoms with Crippen molar-refractivity contribution in [3.8, 4) is 17.0 Å². The van der Waals surface area contributed by atoms with E-state index in [0.717, 1.165) is 23.3 Å². The summed E-state index contributed by atoms with van der Waals surface area (Å²) in [6.07, 6.45) is 0.793. The van der Waals surface area contributed by atoms with Crippen molar-refractivity contribution in [3.05, 3.63) is 71.2 Å². The Hall–Kier alpha value is -3.15. The van der Waals surface area contributed by atoms with E-state index in [0.29, 0.717) is 24.5 Å². The molecule has 1 aliphatic rings. The van der Waals surface area contributed by atoms with Crippen molar-refractivity contribution in [2.75, 3.05) is 13.7 Å². The average molecular weight is 365 g/mol. The fraction of sp³-hybridized carbons (Fsp3) is 0.238. The lowest BCUT2D eigenvalue weighted by Gasteiger charge is -2.29. The molecule has 0 spiro atoms. The highest BCUT2D eigenvalue weighted by molar-refractivity contribution is 5.94. The number of halogens is 1. The molecule has 1 aliphatic heterocycles. The molecular formula is C21H20FN3O2. The molecule has 0 aliphatic carbocycles. The molecule has 0 fully saturated rings. The lowest BCUT2D eigenvalue weighted by atomic mass is 9.99. The molecule has 27 heavy (non-hydrogen) atoms. The predicted molar refractivity (Wildman–Crippen MR) is 100 cm³/mol. The van der Waals surface area contributed by atoms with Crippen LogP contribution in [0.15, 0.2) is 48.5 Å². The van der Waals surface area contributed by atoms with Crippen LogP contribution in [0.5, 0.6) is 5.75 Å². The van der Waals surface area contributed by atoms with Gasteiger partial charge in [-0.25, -0.2) is 4.39 Å². The summed E-state index contributed by atoms with van der Waals surface area (Å²) in [6, 6.07) is 13.8. The molecule has 0 atom stereocenters. The van der Waals surface area contributed by atoms with Crippen molar-refractivity contribution in [2.45, 2.75) is 13.0 Å². The highest BCUT2D eigenvalue weighted by Gasteiger charge is 2.25. The van der Waals surface area contributed by atoms with E-state index >= 15 is 0 Å². The number of aryl methyl sites for hydroxylation is 1. The van der Waals surface area contributed by atoms with E-state index in [4.69, 9.17) is 4.74 Å². The maximum absolute atomic E-state index is 13.1. The molecule has 0 unspecified atom stereocenters. The molecule has 2 aromatic carbocycles. The van der Waals surface area contributed by atoms with Gasteiger partial charge >= 0.3 is 0 Å². The summed E-state index contributed by atoms with van der Waals surface area (Å²) >= 11 is 0. The normalized spacial score (nSPS) is 13.4. The van der Waals surface area contributed by atoms with Crippen LogP contribution in [-0.4, -0.2) is 34.2 Å². The summed E-state index contributed by atoms with van der Waals surface area (Å²) < 4.78 is 20.0. The minimum Gasteiger partial charge on any atom is -0.497 e. The van der Waals surface area contributed by atoms with Gasteiger partial charge in [0.1, 0.15) is 17.3 Å². The third kappa shape index (κ3) is 3.30. The number of methoxy groups -OCH3 is 1. The molecule has 1 amide bonds. The van der Waals surface area contributed by atoms with Gasteiger partial charge in [0.25, 0.3) is 5.91 Å². The van der Waals surface area contributed by atoms with Crippen molar-refractivity contribution in [3.63, 3.8) is 0 Å². The van der Waals surface area contributed by atoms with Gasteiger partial charge in [-0.2, -0.15) is 5.10 Å². The smallest absolute Gasteiger partial charge is 0.272 e. The maximum atomic E-state index is 13.1. The molecule has 1 aromatic heterocycles. The van der Waals surface area contributed by atoms with Gasteiger partial charge in [-0.15, -0.1) is 0 Å². The Bertz CT molecular complexity index is 995. The van der Waals surface area contributed by atoms with Crippen LogP contribution in [0.25, 0.3) is 11.3 Å². The summed E-state index contributed by atoms with van der Waals surface area (Å²) in [5, 5.41) is 4.42. The molecular weight excluding hydrogens is 345 g/mol. The number of amides is 1. The number of ether oxygens (including phenoxy) is 1. The third-order valence-electron chi connectivity index (χ3n) is 4.95. The van der Waals surface area contributed by atoms with Crippen molar-refractivity contribution in [1.29, 1.82) is 0 Å². The minimum absolute atomic E-state index is 0.0557.